The third kappa shape index (κ3) is 2.41. The van der Waals surface area contributed by atoms with Gasteiger partial charge in [-0.25, -0.2) is 0 Å². The van der Waals surface area contributed by atoms with Crippen molar-refractivity contribution >= 4 is 22.5 Å². The molecule has 4 heterocycles. The first kappa shape index (κ1) is 16.7. The van der Waals surface area contributed by atoms with Gasteiger partial charge in [0.1, 0.15) is 17.7 Å². The average Bonchev–Trinajstić information content (AvgIpc) is 2.69. The first-order valence-corrected chi connectivity index (χ1v) is 8.72. The quantitative estimate of drug-likeness (QED) is 0.739. The number of aliphatic hydroxyl groups excluding tert-OH is 1. The van der Waals surface area contributed by atoms with Crippen LogP contribution in [0.5, 0.6) is 5.75 Å². The Morgan fingerprint density at radius 2 is 2.19 bits per heavy atom. The van der Waals surface area contributed by atoms with E-state index in [1.54, 1.807) is 13.3 Å². The third-order valence-electron chi connectivity index (χ3n) is 5.70. The number of ether oxygens (including phenoxy) is 1. The van der Waals surface area contributed by atoms with Crippen LogP contribution in [0.1, 0.15) is 18.1 Å². The molecule has 3 aliphatic heterocycles. The molecule has 0 radical (unpaired) electrons. The summed E-state index contributed by atoms with van der Waals surface area (Å²) in [4.78, 5) is 6.23. The summed E-state index contributed by atoms with van der Waals surface area (Å²) in [5.41, 5.74) is 1.93. The van der Waals surface area contributed by atoms with Crippen molar-refractivity contribution in [3.8, 4) is 5.75 Å². The fraction of sp³-hybridized carbons (Fsp3) is 0.350. The van der Waals surface area contributed by atoms with Crippen molar-refractivity contribution in [3.05, 3.63) is 48.7 Å². The minimum absolute atomic E-state index is 0.0488. The van der Waals surface area contributed by atoms with Crippen LogP contribution < -0.4 is 4.74 Å². The SMILES string of the molecule is C=C[C@H]1CN2C(=N)C(=N)[C@H]1C[C@H]2[C@H](O)c1ccnc2ccc(OC)cc12. The summed E-state index contributed by atoms with van der Waals surface area (Å²) in [6, 6.07) is 7.22. The van der Waals surface area contributed by atoms with Gasteiger partial charge in [-0.1, -0.05) is 6.08 Å². The average molecular weight is 350 g/mol. The summed E-state index contributed by atoms with van der Waals surface area (Å²) < 4.78 is 5.32. The predicted molar refractivity (Wildman–Crippen MR) is 101 cm³/mol. The number of fused-ring (bicyclic) bond motifs is 4. The second kappa shape index (κ2) is 6.21. The molecule has 2 bridgehead atoms. The van der Waals surface area contributed by atoms with Crippen molar-refractivity contribution in [2.75, 3.05) is 13.7 Å². The van der Waals surface area contributed by atoms with E-state index in [0.29, 0.717) is 24.4 Å². The van der Waals surface area contributed by atoms with Gasteiger partial charge in [-0.15, -0.1) is 6.58 Å². The lowest BCUT2D eigenvalue weighted by Gasteiger charge is -2.51. The molecule has 0 spiro atoms. The third-order valence-corrected chi connectivity index (χ3v) is 5.70. The van der Waals surface area contributed by atoms with Crippen molar-refractivity contribution in [2.45, 2.75) is 18.6 Å². The van der Waals surface area contributed by atoms with Crippen LogP contribution in [0, 0.1) is 22.7 Å². The highest BCUT2D eigenvalue weighted by atomic mass is 16.5. The number of benzene rings is 1. The van der Waals surface area contributed by atoms with Gasteiger partial charge in [0.05, 0.1) is 24.4 Å². The number of piperidine rings is 3. The second-order valence-electron chi connectivity index (χ2n) is 6.95. The topological polar surface area (TPSA) is 93.3 Å². The fourth-order valence-corrected chi connectivity index (χ4v) is 4.25. The molecule has 3 aliphatic rings. The van der Waals surface area contributed by atoms with E-state index in [1.165, 1.54) is 0 Å². The van der Waals surface area contributed by atoms with Gasteiger partial charge in [-0.3, -0.25) is 10.4 Å². The van der Waals surface area contributed by atoms with Gasteiger partial charge >= 0.3 is 0 Å². The molecule has 0 amide bonds. The second-order valence-corrected chi connectivity index (χ2v) is 6.95. The molecule has 26 heavy (non-hydrogen) atoms. The number of aromatic nitrogens is 1. The highest BCUT2D eigenvalue weighted by Crippen LogP contribution is 2.41. The number of nitrogens with one attached hydrogen (secondary N) is 2. The van der Waals surface area contributed by atoms with Crippen LogP contribution in [-0.4, -0.2) is 46.2 Å². The fourth-order valence-electron chi connectivity index (χ4n) is 4.25. The number of methoxy groups -OCH3 is 1. The Kier molecular flexibility index (Phi) is 4.00. The van der Waals surface area contributed by atoms with Crippen LogP contribution in [-0.2, 0) is 0 Å². The van der Waals surface area contributed by atoms with Crippen LogP contribution in [0.15, 0.2) is 43.1 Å². The molecular weight excluding hydrogens is 328 g/mol. The number of hydrogen-bond acceptors (Lipinski definition) is 5. The van der Waals surface area contributed by atoms with Crippen LogP contribution in [0.4, 0.5) is 0 Å². The van der Waals surface area contributed by atoms with Crippen molar-refractivity contribution in [1.82, 2.24) is 9.88 Å². The van der Waals surface area contributed by atoms with Gasteiger partial charge in [-0.05, 0) is 36.2 Å². The number of amidine groups is 1. The Morgan fingerprint density at radius 3 is 2.92 bits per heavy atom. The molecule has 0 aliphatic carbocycles. The lowest BCUT2D eigenvalue weighted by Crippen LogP contribution is -2.62. The molecule has 134 valence electrons. The number of nitrogens with zero attached hydrogens (tertiary/aromatic N) is 2. The summed E-state index contributed by atoms with van der Waals surface area (Å²) in [6.45, 7) is 4.50. The largest absolute Gasteiger partial charge is 0.497 e. The Labute approximate surface area is 152 Å². The zero-order chi connectivity index (χ0) is 18.4. The maximum atomic E-state index is 11.2. The Bertz CT molecular complexity index is 910. The summed E-state index contributed by atoms with van der Waals surface area (Å²) in [5, 5.41) is 28.5. The van der Waals surface area contributed by atoms with Crippen molar-refractivity contribution in [3.63, 3.8) is 0 Å². The van der Waals surface area contributed by atoms with Crippen molar-refractivity contribution < 1.29 is 9.84 Å². The van der Waals surface area contributed by atoms with Gasteiger partial charge in [0, 0.05) is 30.0 Å². The summed E-state index contributed by atoms with van der Waals surface area (Å²) in [7, 11) is 1.61. The number of hydrogen-bond donors (Lipinski definition) is 3. The van der Waals surface area contributed by atoms with Gasteiger partial charge in [-0.2, -0.15) is 0 Å². The highest BCUT2D eigenvalue weighted by Gasteiger charge is 2.47. The zero-order valence-electron chi connectivity index (χ0n) is 14.6. The maximum absolute atomic E-state index is 11.2. The molecule has 2 aromatic rings. The highest BCUT2D eigenvalue weighted by molar-refractivity contribution is 6.40. The van der Waals surface area contributed by atoms with Crippen molar-refractivity contribution in [1.29, 1.82) is 10.8 Å². The molecule has 3 N–H and O–H groups in total. The van der Waals surface area contributed by atoms with Gasteiger partial charge < -0.3 is 20.2 Å². The standard InChI is InChI=1S/C20H22N4O2/c1-3-11-10-24-17(9-14(11)18(21)20(24)22)19(25)13-6-7-23-16-5-4-12(26-2)8-15(13)16/h3-8,11,14,17,19,21-22,25H,1,9-10H2,2H3/t11-,14-,17-,19+/m0/s1. The monoisotopic (exact) mass is 350 g/mol. The molecule has 1 aromatic carbocycles. The van der Waals surface area contributed by atoms with E-state index in [-0.39, 0.29) is 23.7 Å². The smallest absolute Gasteiger partial charge is 0.142 e. The first-order chi connectivity index (χ1) is 12.5. The minimum atomic E-state index is -0.769. The number of aliphatic hydroxyl groups is 1. The zero-order valence-corrected chi connectivity index (χ0v) is 14.6. The molecule has 0 unspecified atom stereocenters. The van der Waals surface area contributed by atoms with Gasteiger partial charge in [0.2, 0.25) is 0 Å². The lowest BCUT2D eigenvalue weighted by molar-refractivity contribution is 0.0370. The van der Waals surface area contributed by atoms with Gasteiger partial charge in [0.25, 0.3) is 0 Å². The molecule has 0 saturated carbocycles. The summed E-state index contributed by atoms with van der Waals surface area (Å²) in [6.07, 6.45) is 3.44. The molecule has 3 saturated heterocycles. The first-order valence-electron chi connectivity index (χ1n) is 8.72. The Hall–Kier alpha value is -2.73. The summed E-state index contributed by atoms with van der Waals surface area (Å²) in [5.74, 6) is 1.05. The van der Waals surface area contributed by atoms with Crippen LogP contribution >= 0.6 is 0 Å². The van der Waals surface area contributed by atoms with Crippen LogP contribution in [0.25, 0.3) is 10.9 Å². The molecule has 6 nitrogen and oxygen atoms in total. The molecule has 3 fully saturated rings. The molecule has 1 aromatic heterocycles. The molecule has 6 heteroatoms. The van der Waals surface area contributed by atoms with Crippen LogP contribution in [0.2, 0.25) is 0 Å². The predicted octanol–water partition coefficient (Wildman–Crippen LogP) is 2.78. The Balaban J connectivity index is 1.74. The van der Waals surface area contributed by atoms with Crippen LogP contribution in [0.3, 0.4) is 0 Å². The minimum Gasteiger partial charge on any atom is -0.497 e. The molecule has 4 atom stereocenters. The molecule has 5 rings (SSSR count). The van der Waals surface area contributed by atoms with Gasteiger partial charge in [0.15, 0.2) is 0 Å². The maximum Gasteiger partial charge on any atom is 0.142 e. The summed E-state index contributed by atoms with van der Waals surface area (Å²) >= 11 is 0. The van der Waals surface area contributed by atoms with E-state index in [9.17, 15) is 5.11 Å². The van der Waals surface area contributed by atoms with E-state index in [0.717, 1.165) is 16.5 Å². The number of pyridine rings is 1. The van der Waals surface area contributed by atoms with Crippen molar-refractivity contribution in [2.24, 2.45) is 11.8 Å². The van der Waals surface area contributed by atoms with E-state index in [2.05, 4.69) is 11.6 Å². The van der Waals surface area contributed by atoms with E-state index >= 15 is 0 Å². The van der Waals surface area contributed by atoms with E-state index < -0.39 is 6.10 Å². The molecular formula is C20H22N4O2. The Morgan fingerprint density at radius 1 is 1.38 bits per heavy atom. The lowest BCUT2D eigenvalue weighted by atomic mass is 9.72. The van der Waals surface area contributed by atoms with E-state index in [1.807, 2.05) is 35.2 Å². The normalized spacial score (nSPS) is 26.2. The van der Waals surface area contributed by atoms with E-state index in [4.69, 9.17) is 15.6 Å². The number of rotatable bonds is 4.